The van der Waals surface area contributed by atoms with Gasteiger partial charge in [-0.25, -0.2) is 18.2 Å². The maximum atomic E-state index is 14.8. The Bertz CT molecular complexity index is 1010. The molecule has 2 heterocycles. The number of hydrogen-bond donors (Lipinski definition) is 1. The van der Waals surface area contributed by atoms with Crippen molar-refractivity contribution in [1.29, 1.82) is 0 Å². The number of alkyl halides is 2. The van der Waals surface area contributed by atoms with Gasteiger partial charge in [0, 0.05) is 33.8 Å². The van der Waals surface area contributed by atoms with Crippen molar-refractivity contribution in [2.24, 2.45) is 16.6 Å². The molecule has 2 aromatic rings. The fraction of sp³-hybridized carbons (Fsp3) is 0.429. The molecule has 0 radical (unpaired) electrons. The summed E-state index contributed by atoms with van der Waals surface area (Å²) in [6, 6.07) is 6.23. The molecule has 152 valence electrons. The third-order valence-corrected chi connectivity index (χ3v) is 6.69. The summed E-state index contributed by atoms with van der Waals surface area (Å²) in [6.07, 6.45) is 1.32. The Hall–Kier alpha value is -2.09. The van der Waals surface area contributed by atoms with Crippen LogP contribution in [0.4, 0.5) is 13.2 Å². The number of pyridine rings is 1. The van der Waals surface area contributed by atoms with Crippen LogP contribution in [0, 0.1) is 11.7 Å². The van der Waals surface area contributed by atoms with Gasteiger partial charge < -0.3 is 10.5 Å². The summed E-state index contributed by atoms with van der Waals surface area (Å²) in [5.41, 5.74) is 6.59. The van der Waals surface area contributed by atoms with E-state index < -0.39 is 29.8 Å². The van der Waals surface area contributed by atoms with E-state index in [2.05, 4.69) is 32.0 Å². The van der Waals surface area contributed by atoms with Gasteiger partial charge in [0.05, 0.1) is 0 Å². The van der Waals surface area contributed by atoms with E-state index in [0.717, 1.165) is 28.6 Å². The Kier molecular flexibility index (Phi) is 4.38. The molecule has 1 aromatic carbocycles. The first kappa shape index (κ1) is 18.9. The van der Waals surface area contributed by atoms with Crippen LogP contribution in [0.15, 0.2) is 39.9 Å². The van der Waals surface area contributed by atoms with Crippen LogP contribution in [0.3, 0.4) is 0 Å². The molecular formula is C21H19BrF3N3O. The van der Waals surface area contributed by atoms with E-state index in [4.69, 9.17) is 10.5 Å². The highest BCUT2D eigenvalue weighted by Crippen LogP contribution is 2.56. The maximum Gasteiger partial charge on any atom is 0.283 e. The minimum absolute atomic E-state index is 0.0919. The van der Waals surface area contributed by atoms with Crippen molar-refractivity contribution in [2.75, 3.05) is 0 Å². The van der Waals surface area contributed by atoms with E-state index in [1.54, 1.807) is 12.3 Å². The quantitative estimate of drug-likeness (QED) is 0.725. The number of hydrogen-bond acceptors (Lipinski definition) is 4. The number of nitrogens with two attached hydrogens (primary N) is 1. The Morgan fingerprint density at radius 3 is 2.93 bits per heavy atom. The number of aliphatic imine (C=N–C) groups is 1. The summed E-state index contributed by atoms with van der Waals surface area (Å²) in [5.74, 6) is -1.08. The Morgan fingerprint density at radius 2 is 2.14 bits per heavy atom. The van der Waals surface area contributed by atoms with E-state index in [-0.39, 0.29) is 17.5 Å². The molecule has 2 N–H and O–H groups in total. The predicted octanol–water partition coefficient (Wildman–Crippen LogP) is 4.45. The van der Waals surface area contributed by atoms with Gasteiger partial charge in [-0.15, -0.1) is 0 Å². The molecule has 1 aromatic heterocycles. The van der Waals surface area contributed by atoms with Crippen LogP contribution in [0.25, 0.3) is 0 Å². The molecule has 0 spiro atoms. The number of aryl methyl sites for hydroxylation is 1. The smallest absolute Gasteiger partial charge is 0.283 e. The number of benzene rings is 1. The SMILES string of the molecule is NC1=N[C@@](c2cc(C[C@@H]3CCc4cc(Br)cnc43)ccc2F)(C(F)F)[C@H]2C[C@H]2O1. The molecule has 8 heteroatoms. The third-order valence-electron chi connectivity index (χ3n) is 6.26. The van der Waals surface area contributed by atoms with Crippen LogP contribution in [-0.2, 0) is 23.1 Å². The molecule has 2 aliphatic carbocycles. The Labute approximate surface area is 174 Å². The monoisotopic (exact) mass is 465 g/mol. The molecule has 3 aliphatic rings. The fourth-order valence-corrected chi connectivity index (χ4v) is 5.19. The number of amidine groups is 1. The number of halogens is 4. The first-order valence-electron chi connectivity index (χ1n) is 9.62. The molecule has 0 amide bonds. The summed E-state index contributed by atoms with van der Waals surface area (Å²) >= 11 is 3.44. The third kappa shape index (κ3) is 3.03. The minimum Gasteiger partial charge on any atom is -0.462 e. The molecule has 0 bridgehead atoms. The van der Waals surface area contributed by atoms with Crippen molar-refractivity contribution in [2.45, 2.75) is 49.7 Å². The van der Waals surface area contributed by atoms with Crippen LogP contribution in [0.5, 0.6) is 0 Å². The average Bonchev–Trinajstić information content (AvgIpc) is 3.35. The van der Waals surface area contributed by atoms with Crippen molar-refractivity contribution >= 4 is 22.0 Å². The number of nitrogens with zero attached hydrogens (tertiary/aromatic N) is 2. The van der Waals surface area contributed by atoms with Gasteiger partial charge in [0.2, 0.25) is 0 Å². The van der Waals surface area contributed by atoms with Gasteiger partial charge in [-0.2, -0.15) is 0 Å². The maximum absolute atomic E-state index is 14.8. The second kappa shape index (κ2) is 6.72. The van der Waals surface area contributed by atoms with E-state index in [9.17, 15) is 13.2 Å². The highest BCUT2D eigenvalue weighted by Gasteiger charge is 2.64. The zero-order chi connectivity index (χ0) is 20.3. The second-order valence-electron chi connectivity index (χ2n) is 8.03. The molecular weight excluding hydrogens is 447 g/mol. The molecule has 1 fully saturated rings. The first-order chi connectivity index (χ1) is 13.9. The van der Waals surface area contributed by atoms with Gasteiger partial charge in [-0.3, -0.25) is 4.98 Å². The molecule has 5 rings (SSSR count). The van der Waals surface area contributed by atoms with E-state index in [1.165, 1.54) is 17.7 Å². The standard InChI is InChI=1S/C21H19BrF3N3O/c22-13-7-12-3-2-11(18(12)27-9-13)5-10-1-4-16(23)14(6-10)21(19(24)25)15-8-17(15)29-20(26)28-21/h1,4,6-7,9,11,15,17,19H,2-3,5,8H2,(H2,26,28)/t11-,15-,17+,21+/m0/s1. The highest BCUT2D eigenvalue weighted by atomic mass is 79.9. The van der Waals surface area contributed by atoms with Gasteiger partial charge in [-0.05, 0) is 64.9 Å². The zero-order valence-electron chi connectivity index (χ0n) is 15.4. The number of aromatic nitrogens is 1. The highest BCUT2D eigenvalue weighted by molar-refractivity contribution is 9.10. The van der Waals surface area contributed by atoms with Crippen LogP contribution in [0.2, 0.25) is 0 Å². The zero-order valence-corrected chi connectivity index (χ0v) is 17.0. The molecule has 29 heavy (non-hydrogen) atoms. The van der Waals surface area contributed by atoms with Gasteiger partial charge in [0.1, 0.15) is 11.9 Å². The second-order valence-corrected chi connectivity index (χ2v) is 8.94. The summed E-state index contributed by atoms with van der Waals surface area (Å²) in [5, 5.41) is 0. The topological polar surface area (TPSA) is 60.5 Å². The largest absolute Gasteiger partial charge is 0.462 e. The van der Waals surface area contributed by atoms with Crippen molar-refractivity contribution in [3.8, 4) is 0 Å². The van der Waals surface area contributed by atoms with Crippen molar-refractivity contribution in [3.63, 3.8) is 0 Å². The number of rotatable bonds is 4. The first-order valence-corrected chi connectivity index (χ1v) is 10.4. The van der Waals surface area contributed by atoms with Crippen LogP contribution in [0.1, 0.15) is 41.1 Å². The average molecular weight is 466 g/mol. The molecule has 4 nitrogen and oxygen atoms in total. The van der Waals surface area contributed by atoms with Crippen LogP contribution >= 0.6 is 15.9 Å². The summed E-state index contributed by atoms with van der Waals surface area (Å²) in [6.45, 7) is 0. The van der Waals surface area contributed by atoms with E-state index in [0.29, 0.717) is 12.8 Å². The predicted molar refractivity (Wildman–Crippen MR) is 105 cm³/mol. The lowest BCUT2D eigenvalue weighted by Gasteiger charge is -2.33. The normalized spacial score (nSPS) is 29.8. The molecule has 4 atom stereocenters. The Balaban J connectivity index is 1.51. The lowest BCUT2D eigenvalue weighted by molar-refractivity contribution is 0.0176. The van der Waals surface area contributed by atoms with Gasteiger partial charge in [0.15, 0.2) is 5.54 Å². The lowest BCUT2D eigenvalue weighted by Crippen LogP contribution is -2.43. The van der Waals surface area contributed by atoms with Gasteiger partial charge in [-0.1, -0.05) is 12.1 Å². The molecule has 1 aliphatic heterocycles. The molecule has 0 saturated heterocycles. The van der Waals surface area contributed by atoms with E-state index in [1.807, 2.05) is 0 Å². The van der Waals surface area contributed by atoms with Gasteiger partial charge in [0.25, 0.3) is 12.4 Å². The lowest BCUT2D eigenvalue weighted by atomic mass is 9.83. The fourth-order valence-electron chi connectivity index (χ4n) is 4.82. The molecule has 1 saturated carbocycles. The molecule has 0 unspecified atom stereocenters. The van der Waals surface area contributed by atoms with Crippen molar-refractivity contribution in [3.05, 3.63) is 63.1 Å². The summed E-state index contributed by atoms with van der Waals surface area (Å²) in [4.78, 5) is 8.49. The van der Waals surface area contributed by atoms with E-state index >= 15 is 0 Å². The Morgan fingerprint density at radius 1 is 1.31 bits per heavy atom. The van der Waals surface area contributed by atoms with Crippen LogP contribution < -0.4 is 5.73 Å². The van der Waals surface area contributed by atoms with Crippen molar-refractivity contribution in [1.82, 2.24) is 4.98 Å². The van der Waals surface area contributed by atoms with Crippen LogP contribution in [-0.4, -0.2) is 23.5 Å². The summed E-state index contributed by atoms with van der Waals surface area (Å²) in [7, 11) is 0. The van der Waals surface area contributed by atoms with Crippen molar-refractivity contribution < 1.29 is 17.9 Å². The van der Waals surface area contributed by atoms with Gasteiger partial charge >= 0.3 is 0 Å². The number of ether oxygens (including phenoxy) is 1. The minimum atomic E-state index is -2.88. The summed E-state index contributed by atoms with van der Waals surface area (Å²) < 4.78 is 49.5. The number of fused-ring (bicyclic) bond motifs is 2.